The molecule has 2 amide bonds. The Morgan fingerprint density at radius 2 is 1.88 bits per heavy atom. The molecule has 5 rings (SSSR count). The van der Waals surface area contributed by atoms with Crippen LogP contribution in [0.2, 0.25) is 0 Å². The third kappa shape index (κ3) is 3.50. The van der Waals surface area contributed by atoms with Gasteiger partial charge in [0.05, 0.1) is 12.6 Å². The molecule has 2 aliphatic rings. The van der Waals surface area contributed by atoms with Crippen LogP contribution in [-0.2, 0) is 16.0 Å². The number of nitrogens with one attached hydrogen (secondary N) is 1. The summed E-state index contributed by atoms with van der Waals surface area (Å²) >= 11 is 0. The first-order valence-corrected chi connectivity index (χ1v) is 11.8. The van der Waals surface area contributed by atoms with E-state index in [0.29, 0.717) is 13.0 Å². The molecule has 32 heavy (non-hydrogen) atoms. The Hall–Kier alpha value is -3.08. The van der Waals surface area contributed by atoms with Crippen LogP contribution in [0.15, 0.2) is 48.5 Å². The Kier molecular flexibility index (Phi) is 5.50. The van der Waals surface area contributed by atoms with E-state index in [9.17, 15) is 9.59 Å². The fraction of sp³-hybridized carbons (Fsp3) is 0.407. The molecular weight excluding hydrogens is 398 g/mol. The van der Waals surface area contributed by atoms with Gasteiger partial charge in [0.25, 0.3) is 0 Å². The molecule has 1 saturated heterocycles. The molecule has 0 aliphatic carbocycles. The van der Waals surface area contributed by atoms with E-state index >= 15 is 0 Å². The summed E-state index contributed by atoms with van der Waals surface area (Å²) in [6, 6.07) is 15.8. The van der Waals surface area contributed by atoms with Crippen molar-refractivity contribution in [1.29, 1.82) is 0 Å². The minimum absolute atomic E-state index is 0.0425. The molecule has 5 nitrogen and oxygen atoms in total. The zero-order chi connectivity index (χ0) is 22.2. The molecule has 0 radical (unpaired) electrons. The summed E-state index contributed by atoms with van der Waals surface area (Å²) < 4.78 is 0. The molecule has 1 fully saturated rings. The number of carbonyl (C=O) groups is 2. The molecular formula is C27H31N3O2. The van der Waals surface area contributed by atoms with Crippen LogP contribution in [0, 0.1) is 6.92 Å². The summed E-state index contributed by atoms with van der Waals surface area (Å²) in [5.41, 5.74) is 5.48. The number of carbonyl (C=O) groups excluding carboxylic acids is 2. The second-order valence-corrected chi connectivity index (χ2v) is 9.22. The molecule has 5 heteroatoms. The van der Waals surface area contributed by atoms with E-state index in [1.54, 1.807) is 4.90 Å². The van der Waals surface area contributed by atoms with Crippen LogP contribution in [0.25, 0.3) is 10.9 Å². The molecule has 1 aromatic heterocycles. The van der Waals surface area contributed by atoms with Crippen LogP contribution >= 0.6 is 0 Å². The third-order valence-electron chi connectivity index (χ3n) is 6.98. The Morgan fingerprint density at radius 3 is 2.69 bits per heavy atom. The van der Waals surface area contributed by atoms with Gasteiger partial charge in [0, 0.05) is 29.6 Å². The van der Waals surface area contributed by atoms with E-state index in [2.05, 4.69) is 49.2 Å². The summed E-state index contributed by atoms with van der Waals surface area (Å²) in [6.45, 7) is 5.10. The van der Waals surface area contributed by atoms with Crippen LogP contribution in [0.1, 0.15) is 61.0 Å². The first-order chi connectivity index (χ1) is 15.6. The maximum absolute atomic E-state index is 13.6. The second-order valence-electron chi connectivity index (χ2n) is 9.22. The number of aromatic amines is 1. The minimum Gasteiger partial charge on any atom is -0.356 e. The summed E-state index contributed by atoms with van der Waals surface area (Å²) in [7, 11) is 0. The zero-order valence-electron chi connectivity index (χ0n) is 18.9. The largest absolute Gasteiger partial charge is 0.356 e. The standard InChI is InChI=1S/C27H31N3O2/c1-3-4-5-8-14-29-17-24(31)30-23(27(29)32)16-21-20-12-6-7-13-22(20)28-25(21)26(30)19-11-9-10-18(2)15-19/h6-7,9-13,15,23,26,28H,3-5,8,14,16-17H2,1-2H3/t23-,26+/m0/s1. The molecule has 0 saturated carbocycles. The number of amides is 2. The molecule has 166 valence electrons. The van der Waals surface area contributed by atoms with Gasteiger partial charge in [-0.15, -0.1) is 0 Å². The Morgan fingerprint density at radius 1 is 1.03 bits per heavy atom. The van der Waals surface area contributed by atoms with Gasteiger partial charge in [-0.1, -0.05) is 74.2 Å². The number of benzene rings is 2. The third-order valence-corrected chi connectivity index (χ3v) is 6.98. The Bertz CT molecular complexity index is 1160. The molecule has 2 atom stereocenters. The van der Waals surface area contributed by atoms with E-state index in [-0.39, 0.29) is 24.4 Å². The number of hydrogen-bond acceptors (Lipinski definition) is 2. The predicted molar refractivity (Wildman–Crippen MR) is 126 cm³/mol. The van der Waals surface area contributed by atoms with Crippen molar-refractivity contribution in [2.75, 3.05) is 13.1 Å². The fourth-order valence-electron chi connectivity index (χ4n) is 5.43. The average molecular weight is 430 g/mol. The van der Waals surface area contributed by atoms with Crippen molar-refractivity contribution in [3.63, 3.8) is 0 Å². The lowest BCUT2D eigenvalue weighted by molar-refractivity contribution is -0.158. The quantitative estimate of drug-likeness (QED) is 0.576. The first-order valence-electron chi connectivity index (χ1n) is 11.8. The van der Waals surface area contributed by atoms with Gasteiger partial charge in [0.15, 0.2) is 0 Å². The number of piperazine rings is 1. The van der Waals surface area contributed by atoms with E-state index < -0.39 is 6.04 Å². The monoisotopic (exact) mass is 429 g/mol. The van der Waals surface area contributed by atoms with E-state index in [1.807, 2.05) is 23.1 Å². The van der Waals surface area contributed by atoms with Gasteiger partial charge in [-0.3, -0.25) is 9.59 Å². The number of hydrogen-bond donors (Lipinski definition) is 1. The molecule has 3 heterocycles. The van der Waals surface area contributed by atoms with Crippen LogP contribution in [-0.4, -0.2) is 45.7 Å². The maximum Gasteiger partial charge on any atom is 0.246 e. The van der Waals surface area contributed by atoms with Crippen molar-refractivity contribution < 1.29 is 9.59 Å². The highest BCUT2D eigenvalue weighted by Crippen LogP contribution is 2.42. The lowest BCUT2D eigenvalue weighted by atomic mass is 9.86. The van der Waals surface area contributed by atoms with Gasteiger partial charge < -0.3 is 14.8 Å². The summed E-state index contributed by atoms with van der Waals surface area (Å²) in [5.74, 6) is 0.135. The molecule has 2 aromatic carbocycles. The second kappa shape index (κ2) is 8.45. The highest BCUT2D eigenvalue weighted by Gasteiger charge is 2.48. The van der Waals surface area contributed by atoms with Gasteiger partial charge in [-0.05, 0) is 30.5 Å². The van der Waals surface area contributed by atoms with Crippen molar-refractivity contribution in [3.8, 4) is 0 Å². The minimum atomic E-state index is -0.445. The fourth-order valence-corrected chi connectivity index (χ4v) is 5.43. The smallest absolute Gasteiger partial charge is 0.246 e. The number of fused-ring (bicyclic) bond motifs is 4. The topological polar surface area (TPSA) is 56.4 Å². The number of aryl methyl sites for hydroxylation is 1. The maximum atomic E-state index is 13.6. The number of unbranched alkanes of at least 4 members (excludes halogenated alkanes) is 3. The molecule has 0 unspecified atom stereocenters. The predicted octanol–water partition coefficient (Wildman–Crippen LogP) is 4.74. The van der Waals surface area contributed by atoms with Gasteiger partial charge >= 0.3 is 0 Å². The van der Waals surface area contributed by atoms with E-state index in [0.717, 1.165) is 47.0 Å². The molecule has 0 spiro atoms. The first kappa shape index (κ1) is 20.8. The number of nitrogens with zero attached hydrogens (tertiary/aromatic N) is 2. The zero-order valence-corrected chi connectivity index (χ0v) is 18.9. The molecule has 1 N–H and O–H groups in total. The van der Waals surface area contributed by atoms with Crippen molar-refractivity contribution in [2.45, 2.75) is 58.0 Å². The SMILES string of the molecule is CCCCCCN1CC(=O)N2[C@H](c3cccc(C)c3)c3[nH]c4ccccc4c3C[C@H]2C1=O. The number of aromatic nitrogens is 1. The van der Waals surface area contributed by atoms with E-state index in [4.69, 9.17) is 0 Å². The summed E-state index contributed by atoms with van der Waals surface area (Å²) in [4.78, 5) is 34.3. The van der Waals surface area contributed by atoms with Crippen LogP contribution in [0.3, 0.4) is 0 Å². The number of H-pyrrole nitrogens is 1. The van der Waals surface area contributed by atoms with Crippen LogP contribution < -0.4 is 0 Å². The molecule has 0 bridgehead atoms. The number of rotatable bonds is 6. The van der Waals surface area contributed by atoms with Crippen molar-refractivity contribution in [3.05, 3.63) is 70.9 Å². The van der Waals surface area contributed by atoms with Gasteiger partial charge in [0.2, 0.25) is 11.8 Å². The van der Waals surface area contributed by atoms with Crippen LogP contribution in [0.4, 0.5) is 0 Å². The average Bonchev–Trinajstić information content (AvgIpc) is 3.17. The highest BCUT2D eigenvalue weighted by molar-refractivity contribution is 5.97. The van der Waals surface area contributed by atoms with Gasteiger partial charge in [-0.25, -0.2) is 0 Å². The van der Waals surface area contributed by atoms with Crippen LogP contribution in [0.5, 0.6) is 0 Å². The molecule has 2 aliphatic heterocycles. The van der Waals surface area contributed by atoms with Crippen molar-refractivity contribution in [2.24, 2.45) is 0 Å². The highest BCUT2D eigenvalue weighted by atomic mass is 16.2. The number of para-hydroxylation sites is 1. The Labute approximate surface area is 189 Å². The lowest BCUT2D eigenvalue weighted by Gasteiger charge is -2.47. The molecule has 3 aromatic rings. The normalized spacial score (nSPS) is 20.6. The summed E-state index contributed by atoms with van der Waals surface area (Å²) in [5, 5.41) is 1.15. The van der Waals surface area contributed by atoms with Gasteiger partial charge in [0.1, 0.15) is 6.04 Å². The Balaban J connectivity index is 1.57. The van der Waals surface area contributed by atoms with E-state index in [1.165, 1.54) is 12.0 Å². The lowest BCUT2D eigenvalue weighted by Crippen LogP contribution is -2.63. The van der Waals surface area contributed by atoms with Gasteiger partial charge in [-0.2, -0.15) is 0 Å². The summed E-state index contributed by atoms with van der Waals surface area (Å²) in [6.07, 6.45) is 4.95. The van der Waals surface area contributed by atoms with Crippen molar-refractivity contribution in [1.82, 2.24) is 14.8 Å². The van der Waals surface area contributed by atoms with Crippen molar-refractivity contribution >= 4 is 22.7 Å².